The highest BCUT2D eigenvalue weighted by Gasteiger charge is 2.14. The van der Waals surface area contributed by atoms with Crippen molar-refractivity contribution in [2.24, 2.45) is 5.73 Å². The Hall–Kier alpha value is -1.00. The zero-order valence-corrected chi connectivity index (χ0v) is 9.71. The standard InChI is InChI=1S/C10H16ClN3O/c1-7(2)14-6-8(11)5-9(14)10(15)13-4-3-12/h5-7H,3-4,12H2,1-2H3,(H,13,15). The number of nitrogens with zero attached hydrogens (tertiary/aromatic N) is 1. The summed E-state index contributed by atoms with van der Waals surface area (Å²) in [7, 11) is 0. The Morgan fingerprint density at radius 1 is 1.67 bits per heavy atom. The zero-order valence-electron chi connectivity index (χ0n) is 8.96. The molecule has 0 atom stereocenters. The average molecular weight is 230 g/mol. The van der Waals surface area contributed by atoms with Crippen molar-refractivity contribution in [3.05, 3.63) is 23.0 Å². The lowest BCUT2D eigenvalue weighted by atomic mass is 10.3. The van der Waals surface area contributed by atoms with E-state index >= 15 is 0 Å². The summed E-state index contributed by atoms with van der Waals surface area (Å²) in [6, 6.07) is 1.86. The lowest BCUT2D eigenvalue weighted by Gasteiger charge is -2.12. The summed E-state index contributed by atoms with van der Waals surface area (Å²) in [6.07, 6.45) is 1.75. The summed E-state index contributed by atoms with van der Waals surface area (Å²) in [5, 5.41) is 3.28. The lowest BCUT2D eigenvalue weighted by Crippen LogP contribution is -2.30. The molecule has 1 aromatic heterocycles. The molecule has 0 aliphatic heterocycles. The SMILES string of the molecule is CC(C)n1cc(Cl)cc1C(=O)NCCN. The maximum atomic E-state index is 11.7. The number of hydrogen-bond acceptors (Lipinski definition) is 2. The van der Waals surface area contributed by atoms with Gasteiger partial charge in [0, 0.05) is 25.3 Å². The number of amides is 1. The van der Waals surface area contributed by atoms with Gasteiger partial charge in [0.1, 0.15) is 5.69 Å². The summed E-state index contributed by atoms with van der Waals surface area (Å²) in [5.41, 5.74) is 5.88. The highest BCUT2D eigenvalue weighted by atomic mass is 35.5. The van der Waals surface area contributed by atoms with Gasteiger partial charge < -0.3 is 15.6 Å². The van der Waals surface area contributed by atoms with Gasteiger partial charge >= 0.3 is 0 Å². The number of carbonyl (C=O) groups is 1. The van der Waals surface area contributed by atoms with Gasteiger partial charge in [0.15, 0.2) is 0 Å². The Morgan fingerprint density at radius 2 is 2.33 bits per heavy atom. The maximum absolute atomic E-state index is 11.7. The topological polar surface area (TPSA) is 60.0 Å². The van der Waals surface area contributed by atoms with E-state index in [1.807, 2.05) is 18.4 Å². The molecule has 1 aromatic rings. The number of rotatable bonds is 4. The third kappa shape index (κ3) is 2.97. The van der Waals surface area contributed by atoms with Gasteiger partial charge in [0.25, 0.3) is 5.91 Å². The molecule has 5 heteroatoms. The van der Waals surface area contributed by atoms with Crippen molar-refractivity contribution in [3.8, 4) is 0 Å². The van der Waals surface area contributed by atoms with Crippen LogP contribution in [0.15, 0.2) is 12.3 Å². The van der Waals surface area contributed by atoms with Crippen LogP contribution in [0, 0.1) is 0 Å². The van der Waals surface area contributed by atoms with Crippen LogP contribution in [0.5, 0.6) is 0 Å². The summed E-state index contributed by atoms with van der Waals surface area (Å²) >= 11 is 5.86. The maximum Gasteiger partial charge on any atom is 0.268 e. The van der Waals surface area contributed by atoms with E-state index in [2.05, 4.69) is 5.32 Å². The van der Waals surface area contributed by atoms with E-state index in [1.165, 1.54) is 0 Å². The Labute approximate surface area is 94.4 Å². The first kappa shape index (κ1) is 12.1. The second-order valence-electron chi connectivity index (χ2n) is 3.59. The van der Waals surface area contributed by atoms with E-state index in [0.717, 1.165) is 0 Å². The van der Waals surface area contributed by atoms with Crippen LogP contribution in [0.3, 0.4) is 0 Å². The lowest BCUT2D eigenvalue weighted by molar-refractivity contribution is 0.0944. The van der Waals surface area contributed by atoms with Crippen LogP contribution < -0.4 is 11.1 Å². The van der Waals surface area contributed by atoms with Crippen LogP contribution in [0.1, 0.15) is 30.4 Å². The normalized spacial score (nSPS) is 10.7. The Kier molecular flexibility index (Phi) is 4.17. The zero-order chi connectivity index (χ0) is 11.4. The smallest absolute Gasteiger partial charge is 0.268 e. The molecule has 0 saturated heterocycles. The summed E-state index contributed by atoms with van der Waals surface area (Å²) in [5.74, 6) is -0.138. The largest absolute Gasteiger partial charge is 0.349 e. The predicted octanol–water partition coefficient (Wildman–Crippen LogP) is 1.41. The summed E-state index contributed by atoms with van der Waals surface area (Å²) < 4.78 is 1.84. The molecule has 0 saturated carbocycles. The minimum atomic E-state index is -0.138. The molecule has 0 spiro atoms. The fraction of sp³-hybridized carbons (Fsp3) is 0.500. The van der Waals surface area contributed by atoms with E-state index in [1.54, 1.807) is 12.3 Å². The van der Waals surface area contributed by atoms with Crippen molar-refractivity contribution in [3.63, 3.8) is 0 Å². The highest BCUT2D eigenvalue weighted by Crippen LogP contribution is 2.18. The van der Waals surface area contributed by atoms with Crippen LogP contribution in [0.4, 0.5) is 0 Å². The van der Waals surface area contributed by atoms with Crippen LogP contribution >= 0.6 is 11.6 Å². The quantitative estimate of drug-likeness (QED) is 0.820. The van der Waals surface area contributed by atoms with Crippen LogP contribution in [-0.2, 0) is 0 Å². The van der Waals surface area contributed by atoms with Crippen molar-refractivity contribution in [1.29, 1.82) is 0 Å². The second-order valence-corrected chi connectivity index (χ2v) is 4.03. The van der Waals surface area contributed by atoms with Gasteiger partial charge in [0.2, 0.25) is 0 Å². The minimum absolute atomic E-state index is 0.138. The molecular formula is C10H16ClN3O. The van der Waals surface area contributed by atoms with Crippen LogP contribution in [0.2, 0.25) is 5.02 Å². The molecule has 84 valence electrons. The molecule has 1 amide bonds. The number of halogens is 1. The average Bonchev–Trinajstić information content (AvgIpc) is 2.57. The third-order valence-corrected chi connectivity index (χ3v) is 2.24. The van der Waals surface area contributed by atoms with E-state index in [4.69, 9.17) is 17.3 Å². The number of carbonyl (C=O) groups excluding carboxylic acids is 1. The van der Waals surface area contributed by atoms with E-state index < -0.39 is 0 Å². The molecule has 15 heavy (non-hydrogen) atoms. The third-order valence-electron chi connectivity index (χ3n) is 2.03. The van der Waals surface area contributed by atoms with E-state index in [-0.39, 0.29) is 11.9 Å². The first-order valence-corrected chi connectivity index (χ1v) is 5.29. The molecule has 0 fully saturated rings. The van der Waals surface area contributed by atoms with Gasteiger partial charge in [0.05, 0.1) is 5.02 Å². The van der Waals surface area contributed by atoms with Gasteiger partial charge in [-0.1, -0.05) is 11.6 Å². The monoisotopic (exact) mass is 229 g/mol. The van der Waals surface area contributed by atoms with Crippen molar-refractivity contribution in [1.82, 2.24) is 9.88 Å². The Morgan fingerprint density at radius 3 is 2.87 bits per heavy atom. The van der Waals surface area contributed by atoms with Crippen LogP contribution in [-0.4, -0.2) is 23.6 Å². The first-order chi connectivity index (χ1) is 7.06. The van der Waals surface area contributed by atoms with Crippen molar-refractivity contribution < 1.29 is 4.79 Å². The molecule has 0 radical (unpaired) electrons. The molecule has 0 aliphatic rings. The fourth-order valence-electron chi connectivity index (χ4n) is 1.33. The van der Waals surface area contributed by atoms with E-state index in [9.17, 15) is 4.79 Å². The van der Waals surface area contributed by atoms with Crippen molar-refractivity contribution in [2.75, 3.05) is 13.1 Å². The summed E-state index contributed by atoms with van der Waals surface area (Å²) in [6.45, 7) is 4.90. The van der Waals surface area contributed by atoms with E-state index in [0.29, 0.717) is 23.8 Å². The molecule has 3 N–H and O–H groups in total. The fourth-order valence-corrected chi connectivity index (χ4v) is 1.54. The Bertz CT molecular complexity index is 346. The molecule has 0 aliphatic carbocycles. The molecule has 0 unspecified atom stereocenters. The van der Waals surface area contributed by atoms with Gasteiger partial charge in [-0.05, 0) is 19.9 Å². The molecule has 1 rings (SSSR count). The second kappa shape index (κ2) is 5.19. The number of hydrogen-bond donors (Lipinski definition) is 2. The van der Waals surface area contributed by atoms with Crippen molar-refractivity contribution in [2.45, 2.75) is 19.9 Å². The van der Waals surface area contributed by atoms with Gasteiger partial charge in [-0.3, -0.25) is 4.79 Å². The highest BCUT2D eigenvalue weighted by molar-refractivity contribution is 6.31. The first-order valence-electron chi connectivity index (χ1n) is 4.92. The number of nitrogens with two attached hydrogens (primary N) is 1. The van der Waals surface area contributed by atoms with Gasteiger partial charge in [-0.15, -0.1) is 0 Å². The van der Waals surface area contributed by atoms with Gasteiger partial charge in [-0.2, -0.15) is 0 Å². The summed E-state index contributed by atoms with van der Waals surface area (Å²) in [4.78, 5) is 11.7. The number of nitrogens with one attached hydrogen (secondary N) is 1. The molecule has 1 heterocycles. The van der Waals surface area contributed by atoms with Crippen molar-refractivity contribution >= 4 is 17.5 Å². The Balaban J connectivity index is 2.87. The van der Waals surface area contributed by atoms with Crippen LogP contribution in [0.25, 0.3) is 0 Å². The molecular weight excluding hydrogens is 214 g/mol. The molecule has 0 bridgehead atoms. The predicted molar refractivity (Wildman–Crippen MR) is 61.2 cm³/mol. The molecule has 0 aromatic carbocycles. The van der Waals surface area contributed by atoms with Gasteiger partial charge in [-0.25, -0.2) is 0 Å². The minimum Gasteiger partial charge on any atom is -0.349 e. The molecule has 4 nitrogen and oxygen atoms in total. The number of aromatic nitrogens is 1.